The Bertz CT molecular complexity index is 1320. The lowest BCUT2D eigenvalue weighted by molar-refractivity contribution is -0.116. The Morgan fingerprint density at radius 1 is 1.00 bits per heavy atom. The van der Waals surface area contributed by atoms with Gasteiger partial charge in [-0.1, -0.05) is 52.3 Å². The first-order valence-electron chi connectivity index (χ1n) is 13.1. The van der Waals surface area contributed by atoms with Crippen molar-refractivity contribution in [3.05, 3.63) is 59.3 Å². The third kappa shape index (κ3) is 7.52. The number of benzene rings is 2. The van der Waals surface area contributed by atoms with Crippen LogP contribution in [0.1, 0.15) is 51.4 Å². The van der Waals surface area contributed by atoms with Crippen LogP contribution in [0.4, 0.5) is 16.3 Å². The highest BCUT2D eigenvalue weighted by Crippen LogP contribution is 2.30. The van der Waals surface area contributed by atoms with Gasteiger partial charge in [0.2, 0.25) is 5.91 Å². The van der Waals surface area contributed by atoms with Crippen LogP contribution in [0, 0.1) is 19.8 Å². The fourth-order valence-electron chi connectivity index (χ4n) is 4.18. The summed E-state index contributed by atoms with van der Waals surface area (Å²) in [6, 6.07) is 12.7. The van der Waals surface area contributed by atoms with Gasteiger partial charge in [0.1, 0.15) is 23.9 Å². The third-order valence-corrected chi connectivity index (χ3v) is 6.18. The van der Waals surface area contributed by atoms with Gasteiger partial charge in [-0.2, -0.15) is 5.10 Å². The average molecular weight is 536 g/mol. The quantitative estimate of drug-likeness (QED) is 0.354. The van der Waals surface area contributed by atoms with Crippen molar-refractivity contribution in [3.8, 4) is 17.2 Å². The van der Waals surface area contributed by atoms with Gasteiger partial charge >= 0.3 is 6.03 Å². The molecule has 0 aliphatic carbocycles. The van der Waals surface area contributed by atoms with E-state index >= 15 is 0 Å². The Balaban J connectivity index is 1.86. The number of carbonyl (C=O) groups is 2. The number of hydrogen-bond acceptors (Lipinski definition) is 5. The van der Waals surface area contributed by atoms with Crippen LogP contribution in [0.25, 0.3) is 5.69 Å². The number of ether oxygens (including phenoxy) is 2. The van der Waals surface area contributed by atoms with Crippen molar-refractivity contribution >= 4 is 23.4 Å². The van der Waals surface area contributed by atoms with E-state index in [2.05, 4.69) is 37.5 Å². The summed E-state index contributed by atoms with van der Waals surface area (Å²) in [6.07, 6.45) is 0. The second kappa shape index (κ2) is 12.2. The van der Waals surface area contributed by atoms with Gasteiger partial charge < -0.3 is 25.0 Å². The van der Waals surface area contributed by atoms with Gasteiger partial charge in [-0.15, -0.1) is 0 Å². The lowest BCUT2D eigenvalue weighted by atomic mass is 9.92. The number of rotatable bonds is 9. The highest BCUT2D eigenvalue weighted by molar-refractivity contribution is 5.97. The number of aryl methyl sites for hydroxylation is 2. The summed E-state index contributed by atoms with van der Waals surface area (Å²) in [5.41, 5.74) is 4.19. The van der Waals surface area contributed by atoms with Crippen LogP contribution in [-0.2, 0) is 10.2 Å². The molecule has 9 nitrogen and oxygen atoms in total. The Morgan fingerprint density at radius 3 is 2.31 bits per heavy atom. The molecule has 3 rings (SSSR count). The van der Waals surface area contributed by atoms with E-state index in [-0.39, 0.29) is 23.8 Å². The molecule has 210 valence electrons. The highest BCUT2D eigenvalue weighted by atomic mass is 16.5. The van der Waals surface area contributed by atoms with E-state index in [9.17, 15) is 9.59 Å². The molecule has 0 bridgehead atoms. The number of urea groups is 1. The lowest BCUT2D eigenvalue weighted by Crippen LogP contribution is -2.42. The summed E-state index contributed by atoms with van der Waals surface area (Å²) in [7, 11) is 3.08. The van der Waals surface area contributed by atoms with E-state index in [1.165, 1.54) is 12.0 Å². The molecule has 2 N–H and O–H groups in total. The maximum Gasteiger partial charge on any atom is 0.322 e. The fraction of sp³-hybridized carbons (Fsp3) is 0.433. The number of amides is 3. The van der Waals surface area contributed by atoms with E-state index in [0.717, 1.165) is 22.5 Å². The number of hydrogen-bond donors (Lipinski definition) is 2. The third-order valence-electron chi connectivity index (χ3n) is 6.18. The van der Waals surface area contributed by atoms with Crippen molar-refractivity contribution in [3.63, 3.8) is 0 Å². The Kier molecular flexibility index (Phi) is 9.27. The van der Waals surface area contributed by atoms with Crippen LogP contribution in [0.2, 0.25) is 0 Å². The van der Waals surface area contributed by atoms with E-state index in [1.807, 2.05) is 45.9 Å². The second-order valence-corrected chi connectivity index (χ2v) is 11.2. The predicted octanol–water partition coefficient (Wildman–Crippen LogP) is 5.93. The zero-order valence-electron chi connectivity index (χ0n) is 24.5. The molecule has 0 radical (unpaired) electrons. The molecule has 39 heavy (non-hydrogen) atoms. The normalized spacial score (nSPS) is 11.3. The van der Waals surface area contributed by atoms with E-state index in [1.54, 1.807) is 30.0 Å². The maximum atomic E-state index is 13.3. The summed E-state index contributed by atoms with van der Waals surface area (Å²) in [6.45, 7) is 14.6. The number of aromatic nitrogens is 2. The van der Waals surface area contributed by atoms with Gasteiger partial charge in [0.15, 0.2) is 0 Å². The van der Waals surface area contributed by atoms with Crippen LogP contribution < -0.4 is 20.1 Å². The molecule has 9 heteroatoms. The molecule has 0 saturated carbocycles. The topological polar surface area (TPSA) is 97.7 Å². The van der Waals surface area contributed by atoms with E-state index in [0.29, 0.717) is 29.5 Å². The zero-order valence-corrected chi connectivity index (χ0v) is 24.5. The molecule has 0 fully saturated rings. The van der Waals surface area contributed by atoms with Crippen LogP contribution in [0.5, 0.6) is 11.5 Å². The smallest absolute Gasteiger partial charge is 0.322 e. The molecule has 1 aromatic heterocycles. The molecule has 0 atom stereocenters. The number of nitrogens with zero attached hydrogens (tertiary/aromatic N) is 3. The minimum Gasteiger partial charge on any atom is -0.497 e. The number of nitrogens with one attached hydrogen (secondary N) is 2. The standard InChI is InChI=1S/C30H41N5O4/c1-19(2)17-34(29(37)31-23-12-11-22(38-8)15-25(23)39-9)18-28(36)32-27-16-26(30(5,6)7)33-35(27)24-13-10-20(3)14-21(24)4/h10-16,19H,17-18H2,1-9H3,(H,31,37)(H,32,36). The predicted molar refractivity (Wildman–Crippen MR) is 155 cm³/mol. The van der Waals surface area contributed by atoms with Gasteiger partial charge in [-0.25, -0.2) is 9.48 Å². The maximum absolute atomic E-state index is 13.3. The Morgan fingerprint density at radius 2 is 1.72 bits per heavy atom. The average Bonchev–Trinajstić information content (AvgIpc) is 3.27. The first-order chi connectivity index (χ1) is 18.3. The van der Waals surface area contributed by atoms with Gasteiger partial charge in [0, 0.05) is 24.1 Å². The summed E-state index contributed by atoms with van der Waals surface area (Å²) < 4.78 is 12.4. The SMILES string of the molecule is COc1ccc(NC(=O)N(CC(=O)Nc2cc(C(C)(C)C)nn2-c2ccc(C)cc2C)CC(C)C)c(OC)c1. The molecule has 1 heterocycles. The van der Waals surface area contributed by atoms with Crippen molar-refractivity contribution in [2.24, 2.45) is 5.92 Å². The number of methoxy groups -OCH3 is 2. The second-order valence-electron chi connectivity index (χ2n) is 11.2. The first-order valence-corrected chi connectivity index (χ1v) is 13.1. The van der Waals surface area contributed by atoms with Crippen molar-refractivity contribution in [2.45, 2.75) is 53.9 Å². The van der Waals surface area contributed by atoms with Crippen LogP contribution in [0.3, 0.4) is 0 Å². The minimum atomic E-state index is -0.402. The molecule has 0 aliphatic heterocycles. The summed E-state index contributed by atoms with van der Waals surface area (Å²) >= 11 is 0. The van der Waals surface area contributed by atoms with Crippen molar-refractivity contribution in [1.82, 2.24) is 14.7 Å². The number of anilines is 2. The summed E-state index contributed by atoms with van der Waals surface area (Å²) in [5, 5.41) is 10.7. The summed E-state index contributed by atoms with van der Waals surface area (Å²) in [4.78, 5) is 28.1. The van der Waals surface area contributed by atoms with E-state index in [4.69, 9.17) is 14.6 Å². The van der Waals surface area contributed by atoms with Gasteiger partial charge in [-0.3, -0.25) is 4.79 Å². The first kappa shape index (κ1) is 29.5. The van der Waals surface area contributed by atoms with Crippen LogP contribution in [0.15, 0.2) is 42.5 Å². The molecule has 0 saturated heterocycles. The zero-order chi connectivity index (χ0) is 28.9. The van der Waals surface area contributed by atoms with Crippen LogP contribution >= 0.6 is 0 Å². The van der Waals surface area contributed by atoms with Gasteiger partial charge in [0.05, 0.1) is 31.3 Å². The van der Waals surface area contributed by atoms with E-state index < -0.39 is 6.03 Å². The molecule has 2 aromatic carbocycles. The largest absolute Gasteiger partial charge is 0.497 e. The molecule has 0 aliphatic rings. The van der Waals surface area contributed by atoms with Gasteiger partial charge in [-0.05, 0) is 43.5 Å². The molecular formula is C30H41N5O4. The highest BCUT2D eigenvalue weighted by Gasteiger charge is 2.24. The van der Waals surface area contributed by atoms with Gasteiger partial charge in [0.25, 0.3) is 0 Å². The minimum absolute atomic E-state index is 0.134. The Hall–Kier alpha value is -4.01. The summed E-state index contributed by atoms with van der Waals surface area (Å²) in [5.74, 6) is 1.45. The monoisotopic (exact) mass is 535 g/mol. The van der Waals surface area contributed by atoms with Crippen LogP contribution in [-0.4, -0.2) is 53.9 Å². The fourth-order valence-corrected chi connectivity index (χ4v) is 4.18. The van der Waals surface area contributed by atoms with Crippen molar-refractivity contribution < 1.29 is 19.1 Å². The molecule has 0 unspecified atom stereocenters. The molecule has 0 spiro atoms. The lowest BCUT2D eigenvalue weighted by Gasteiger charge is -2.25. The van der Waals surface area contributed by atoms with Crippen molar-refractivity contribution in [2.75, 3.05) is 37.9 Å². The molecule has 3 amide bonds. The number of carbonyl (C=O) groups excluding carboxylic acids is 2. The molecular weight excluding hydrogens is 494 g/mol. The molecule has 3 aromatic rings. The Labute approximate surface area is 231 Å². The van der Waals surface area contributed by atoms with Crippen molar-refractivity contribution in [1.29, 1.82) is 0 Å².